The largest absolute Gasteiger partial charge is 0.350 e. The first-order valence-electron chi connectivity index (χ1n) is 8.99. The van der Waals surface area contributed by atoms with Crippen LogP contribution in [0.5, 0.6) is 0 Å². The third-order valence-electron chi connectivity index (χ3n) is 3.98. The molecule has 0 aliphatic heterocycles. The van der Waals surface area contributed by atoms with Gasteiger partial charge in [0.15, 0.2) is 0 Å². The summed E-state index contributed by atoms with van der Waals surface area (Å²) in [6, 6.07) is 14.5. The number of rotatable bonds is 8. The van der Waals surface area contributed by atoms with Crippen molar-refractivity contribution in [3.63, 3.8) is 0 Å². The molecule has 3 N–H and O–H groups in total. The van der Waals surface area contributed by atoms with Crippen molar-refractivity contribution in [2.75, 3.05) is 11.9 Å². The molecule has 0 aliphatic carbocycles. The average molecular weight is 367 g/mol. The fraction of sp³-hybridized carbons (Fsp3) is 0.286. The zero-order valence-corrected chi connectivity index (χ0v) is 15.7. The van der Waals surface area contributed by atoms with E-state index in [9.17, 15) is 14.4 Å². The molecule has 0 spiro atoms. The molecule has 2 aromatic rings. The number of carbonyl (C=O) groups excluding carboxylic acids is 3. The number of nitrogens with one attached hydrogen (secondary N) is 3. The molecular weight excluding hydrogens is 342 g/mol. The van der Waals surface area contributed by atoms with Crippen LogP contribution in [0, 0.1) is 6.92 Å². The van der Waals surface area contributed by atoms with Crippen LogP contribution in [0.15, 0.2) is 48.5 Å². The Morgan fingerprint density at radius 1 is 0.926 bits per heavy atom. The van der Waals surface area contributed by atoms with E-state index in [-0.39, 0.29) is 24.3 Å². The Bertz CT molecular complexity index is 818. The molecule has 0 heterocycles. The lowest BCUT2D eigenvalue weighted by Crippen LogP contribution is -2.36. The van der Waals surface area contributed by atoms with Crippen molar-refractivity contribution in [1.29, 1.82) is 0 Å². The summed E-state index contributed by atoms with van der Waals surface area (Å²) in [5.41, 5.74) is 2.98. The topological polar surface area (TPSA) is 87.3 Å². The highest BCUT2D eigenvalue weighted by atomic mass is 16.2. The zero-order chi connectivity index (χ0) is 19.6. The molecule has 0 fully saturated rings. The minimum atomic E-state index is -0.280. The second kappa shape index (κ2) is 10.1. The van der Waals surface area contributed by atoms with Crippen LogP contribution in [0.4, 0.5) is 5.69 Å². The third kappa shape index (κ3) is 6.58. The highest BCUT2D eigenvalue weighted by Crippen LogP contribution is 2.11. The molecule has 0 unspecified atom stereocenters. The highest BCUT2D eigenvalue weighted by molar-refractivity contribution is 5.97. The minimum Gasteiger partial charge on any atom is -0.350 e. The SMILES string of the molecule is CCCC(=O)Nc1cccc(CNC(=O)CNC(=O)c2ccccc2C)c1. The fourth-order valence-electron chi connectivity index (χ4n) is 2.56. The normalized spacial score (nSPS) is 10.1. The number of hydrogen-bond acceptors (Lipinski definition) is 3. The molecule has 3 amide bonds. The van der Waals surface area contributed by atoms with Gasteiger partial charge in [0.2, 0.25) is 11.8 Å². The Balaban J connectivity index is 1.81. The van der Waals surface area contributed by atoms with Crippen LogP contribution < -0.4 is 16.0 Å². The van der Waals surface area contributed by atoms with Crippen LogP contribution in [0.25, 0.3) is 0 Å². The number of carbonyl (C=O) groups is 3. The second-order valence-corrected chi connectivity index (χ2v) is 6.27. The van der Waals surface area contributed by atoms with Gasteiger partial charge in [-0.1, -0.05) is 37.3 Å². The molecule has 0 bridgehead atoms. The van der Waals surface area contributed by atoms with Gasteiger partial charge in [0.1, 0.15) is 0 Å². The maximum atomic E-state index is 12.1. The van der Waals surface area contributed by atoms with Crippen molar-refractivity contribution >= 4 is 23.4 Å². The van der Waals surface area contributed by atoms with E-state index >= 15 is 0 Å². The predicted molar refractivity (Wildman–Crippen MR) is 105 cm³/mol. The summed E-state index contributed by atoms with van der Waals surface area (Å²) in [6.45, 7) is 4.02. The van der Waals surface area contributed by atoms with E-state index in [2.05, 4.69) is 16.0 Å². The van der Waals surface area contributed by atoms with E-state index in [1.165, 1.54) is 0 Å². The van der Waals surface area contributed by atoms with Crippen molar-refractivity contribution in [2.45, 2.75) is 33.2 Å². The van der Waals surface area contributed by atoms with E-state index in [0.717, 1.165) is 17.5 Å². The van der Waals surface area contributed by atoms with E-state index < -0.39 is 0 Å². The van der Waals surface area contributed by atoms with Gasteiger partial charge in [0.05, 0.1) is 6.54 Å². The highest BCUT2D eigenvalue weighted by Gasteiger charge is 2.10. The molecule has 0 aliphatic rings. The summed E-state index contributed by atoms with van der Waals surface area (Å²) in [7, 11) is 0. The monoisotopic (exact) mass is 367 g/mol. The Morgan fingerprint density at radius 3 is 2.44 bits per heavy atom. The van der Waals surface area contributed by atoms with Gasteiger partial charge in [0.25, 0.3) is 5.91 Å². The number of hydrogen-bond donors (Lipinski definition) is 3. The summed E-state index contributed by atoms with van der Waals surface area (Å²) in [5.74, 6) is -0.584. The zero-order valence-electron chi connectivity index (χ0n) is 15.7. The molecule has 6 heteroatoms. The Kier molecular flexibility index (Phi) is 7.55. The van der Waals surface area contributed by atoms with Gasteiger partial charge < -0.3 is 16.0 Å². The van der Waals surface area contributed by atoms with Gasteiger partial charge in [-0.15, -0.1) is 0 Å². The predicted octanol–water partition coefficient (Wildman–Crippen LogP) is 2.78. The van der Waals surface area contributed by atoms with E-state index in [1.807, 2.05) is 44.2 Å². The number of anilines is 1. The molecule has 0 radical (unpaired) electrons. The Hall–Kier alpha value is -3.15. The minimum absolute atomic E-state index is 0.0300. The fourth-order valence-corrected chi connectivity index (χ4v) is 2.56. The molecular formula is C21H25N3O3. The molecule has 0 saturated carbocycles. The van der Waals surface area contributed by atoms with Crippen LogP contribution in [-0.2, 0) is 16.1 Å². The molecule has 6 nitrogen and oxygen atoms in total. The van der Waals surface area contributed by atoms with Gasteiger partial charge in [-0.25, -0.2) is 0 Å². The van der Waals surface area contributed by atoms with Crippen LogP contribution in [0.2, 0.25) is 0 Å². The van der Waals surface area contributed by atoms with Crippen molar-refractivity contribution in [3.05, 3.63) is 65.2 Å². The molecule has 2 aromatic carbocycles. The van der Waals surface area contributed by atoms with Crippen molar-refractivity contribution in [2.24, 2.45) is 0 Å². The molecule has 27 heavy (non-hydrogen) atoms. The quantitative estimate of drug-likeness (QED) is 0.670. The van der Waals surface area contributed by atoms with Crippen LogP contribution in [-0.4, -0.2) is 24.3 Å². The maximum absolute atomic E-state index is 12.1. The molecule has 2 rings (SSSR count). The molecule has 0 atom stereocenters. The Morgan fingerprint density at radius 2 is 1.70 bits per heavy atom. The summed E-state index contributed by atoms with van der Waals surface area (Å²) < 4.78 is 0. The lowest BCUT2D eigenvalue weighted by Gasteiger charge is -2.10. The first-order valence-corrected chi connectivity index (χ1v) is 8.99. The third-order valence-corrected chi connectivity index (χ3v) is 3.98. The first kappa shape index (κ1) is 20.2. The number of aryl methyl sites for hydroxylation is 1. The number of amides is 3. The van der Waals surface area contributed by atoms with Crippen molar-refractivity contribution < 1.29 is 14.4 Å². The van der Waals surface area contributed by atoms with E-state index in [1.54, 1.807) is 18.2 Å². The summed E-state index contributed by atoms with van der Waals surface area (Å²) in [4.78, 5) is 35.8. The standard InChI is InChI=1S/C21H25N3O3/c1-3-7-19(25)24-17-10-6-9-16(12-17)13-22-20(26)14-23-21(27)18-11-5-4-8-15(18)2/h4-6,8-12H,3,7,13-14H2,1-2H3,(H,22,26)(H,23,27)(H,24,25). The van der Waals surface area contributed by atoms with Gasteiger partial charge in [0, 0.05) is 24.2 Å². The molecule has 0 saturated heterocycles. The van der Waals surface area contributed by atoms with Crippen LogP contribution >= 0.6 is 0 Å². The summed E-state index contributed by atoms with van der Waals surface area (Å²) in [6.07, 6.45) is 1.26. The van der Waals surface area contributed by atoms with Gasteiger partial charge in [-0.05, 0) is 42.7 Å². The van der Waals surface area contributed by atoms with Gasteiger partial charge in [-0.3, -0.25) is 14.4 Å². The van der Waals surface area contributed by atoms with Gasteiger partial charge >= 0.3 is 0 Å². The Labute approximate surface area is 159 Å². The van der Waals surface area contributed by atoms with E-state index in [4.69, 9.17) is 0 Å². The molecule has 0 aromatic heterocycles. The summed E-state index contributed by atoms with van der Waals surface area (Å²) in [5, 5.41) is 8.20. The van der Waals surface area contributed by atoms with Crippen molar-refractivity contribution in [1.82, 2.24) is 10.6 Å². The van der Waals surface area contributed by atoms with E-state index in [0.29, 0.717) is 24.2 Å². The second-order valence-electron chi connectivity index (χ2n) is 6.27. The van der Waals surface area contributed by atoms with Crippen LogP contribution in [0.1, 0.15) is 41.3 Å². The molecule has 142 valence electrons. The lowest BCUT2D eigenvalue weighted by atomic mass is 10.1. The smallest absolute Gasteiger partial charge is 0.251 e. The lowest BCUT2D eigenvalue weighted by molar-refractivity contribution is -0.120. The number of benzene rings is 2. The van der Waals surface area contributed by atoms with Crippen molar-refractivity contribution in [3.8, 4) is 0 Å². The van der Waals surface area contributed by atoms with Gasteiger partial charge in [-0.2, -0.15) is 0 Å². The van der Waals surface area contributed by atoms with Crippen LogP contribution in [0.3, 0.4) is 0 Å². The summed E-state index contributed by atoms with van der Waals surface area (Å²) >= 11 is 0. The average Bonchev–Trinajstić information content (AvgIpc) is 2.65. The maximum Gasteiger partial charge on any atom is 0.251 e. The first-order chi connectivity index (χ1) is 13.0.